The van der Waals surface area contributed by atoms with Gasteiger partial charge in [0, 0.05) is 13.6 Å². The molecule has 2 heterocycles. The van der Waals surface area contributed by atoms with Gasteiger partial charge in [0.1, 0.15) is 5.78 Å². The summed E-state index contributed by atoms with van der Waals surface area (Å²) >= 11 is 1.38. The van der Waals surface area contributed by atoms with Gasteiger partial charge in [0.25, 0.3) is 5.91 Å². The second-order valence-electron chi connectivity index (χ2n) is 7.01. The summed E-state index contributed by atoms with van der Waals surface area (Å²) in [6.45, 7) is 6.30. The van der Waals surface area contributed by atoms with Gasteiger partial charge in [-0.05, 0) is 20.3 Å². The van der Waals surface area contributed by atoms with Gasteiger partial charge in [-0.15, -0.1) is 0 Å². The quantitative estimate of drug-likeness (QED) is 0.620. The van der Waals surface area contributed by atoms with Crippen LogP contribution in [0, 0.1) is 0 Å². The molecule has 0 aromatic heterocycles. The molecule has 0 saturated carbocycles. The zero-order valence-corrected chi connectivity index (χ0v) is 17.0. The molecule has 7 nitrogen and oxygen atoms in total. The van der Waals surface area contributed by atoms with E-state index in [4.69, 9.17) is 0 Å². The molecule has 2 aliphatic rings. The summed E-state index contributed by atoms with van der Waals surface area (Å²) in [5, 5.41) is 2.86. The number of nitrogens with one attached hydrogen (secondary N) is 1. The minimum atomic E-state index is -0.516. The number of carbonyl (C=O) groups is 3. The van der Waals surface area contributed by atoms with Gasteiger partial charge in [0.2, 0.25) is 0 Å². The number of urea groups is 1. The maximum absolute atomic E-state index is 12.4. The van der Waals surface area contributed by atoms with Gasteiger partial charge in [0.15, 0.2) is 17.4 Å². The molecule has 2 aliphatic heterocycles. The molecule has 3 atom stereocenters. The van der Waals surface area contributed by atoms with Gasteiger partial charge in [0.05, 0.1) is 5.25 Å². The topological polar surface area (TPSA) is 82.1 Å². The highest BCUT2D eigenvalue weighted by molar-refractivity contribution is 8.14. The first-order valence-corrected chi connectivity index (χ1v) is 10.3. The Kier molecular flexibility index (Phi) is 7.49. The summed E-state index contributed by atoms with van der Waals surface area (Å²) in [5.74, 6) is -0.236. The SMILES string of the molecule is CCCCCCCCN1C(SC(C)C(C)=O)=NC2C1C(=O)NC(=O)N2C. The smallest absolute Gasteiger partial charge is 0.325 e. The van der Waals surface area contributed by atoms with Crippen molar-refractivity contribution < 1.29 is 14.4 Å². The van der Waals surface area contributed by atoms with E-state index >= 15 is 0 Å². The van der Waals surface area contributed by atoms with Crippen molar-refractivity contribution in [1.82, 2.24) is 15.1 Å². The lowest BCUT2D eigenvalue weighted by atomic mass is 10.1. The number of likely N-dealkylation sites (N-methyl/N-ethyl adjacent to an activating group) is 1. The second-order valence-corrected chi connectivity index (χ2v) is 8.32. The molecule has 0 aromatic carbocycles. The molecule has 2 rings (SSSR count). The number of unbranched alkanes of at least 4 members (excludes halogenated alkanes) is 5. The first-order valence-electron chi connectivity index (χ1n) is 9.46. The molecule has 3 amide bonds. The number of ketones is 1. The summed E-state index contributed by atoms with van der Waals surface area (Å²) in [6.07, 6.45) is 6.44. The number of rotatable bonds is 9. The third-order valence-corrected chi connectivity index (χ3v) is 6.17. The molecule has 146 valence electrons. The fourth-order valence-corrected chi connectivity index (χ4v) is 4.13. The van der Waals surface area contributed by atoms with Crippen LogP contribution in [0.5, 0.6) is 0 Å². The van der Waals surface area contributed by atoms with Crippen molar-refractivity contribution in [3.05, 3.63) is 0 Å². The Bertz CT molecular complexity index is 581. The second kappa shape index (κ2) is 9.39. The Morgan fingerprint density at radius 1 is 1.23 bits per heavy atom. The maximum atomic E-state index is 12.4. The van der Waals surface area contributed by atoms with Crippen molar-refractivity contribution >= 4 is 34.7 Å². The standard InChI is InChI=1S/C18H30N4O3S/c1-5-6-7-8-9-10-11-22-14-15(21(4)17(25)20-16(14)24)19-18(22)26-13(3)12(2)23/h13-15H,5-11H2,1-4H3,(H,20,24,25). The third-order valence-electron chi connectivity index (χ3n) is 4.93. The van der Waals surface area contributed by atoms with Crippen LogP contribution in [-0.2, 0) is 9.59 Å². The van der Waals surface area contributed by atoms with E-state index in [1.54, 1.807) is 14.0 Å². The molecule has 3 unspecified atom stereocenters. The lowest BCUT2D eigenvalue weighted by Gasteiger charge is -2.36. The largest absolute Gasteiger partial charge is 0.336 e. The lowest BCUT2D eigenvalue weighted by molar-refractivity contribution is -0.127. The summed E-state index contributed by atoms with van der Waals surface area (Å²) < 4.78 is 0. The predicted molar refractivity (Wildman–Crippen MR) is 104 cm³/mol. The third kappa shape index (κ3) is 4.78. The summed E-state index contributed by atoms with van der Waals surface area (Å²) in [4.78, 5) is 44.0. The van der Waals surface area contributed by atoms with Gasteiger partial charge >= 0.3 is 6.03 Å². The van der Waals surface area contributed by atoms with Crippen LogP contribution in [0.4, 0.5) is 4.79 Å². The van der Waals surface area contributed by atoms with Gasteiger partial charge in [-0.1, -0.05) is 50.8 Å². The molecular formula is C18H30N4O3S. The zero-order valence-electron chi connectivity index (χ0n) is 16.2. The van der Waals surface area contributed by atoms with E-state index in [1.165, 1.54) is 42.3 Å². The Morgan fingerprint density at radius 2 is 1.88 bits per heavy atom. The Hall–Kier alpha value is -1.57. The molecule has 0 aliphatic carbocycles. The van der Waals surface area contributed by atoms with Gasteiger partial charge < -0.3 is 9.80 Å². The van der Waals surface area contributed by atoms with Crippen molar-refractivity contribution in [3.63, 3.8) is 0 Å². The van der Waals surface area contributed by atoms with E-state index in [1.807, 2.05) is 11.8 Å². The average molecular weight is 383 g/mol. The number of Topliss-reactive ketones (excluding diaryl/α,β-unsaturated/α-hetero) is 1. The number of fused-ring (bicyclic) bond motifs is 1. The number of amidine groups is 1. The van der Waals surface area contributed by atoms with E-state index in [0.717, 1.165) is 12.8 Å². The number of carbonyl (C=O) groups excluding carboxylic acids is 3. The van der Waals surface area contributed by atoms with Gasteiger partial charge in [-0.2, -0.15) is 0 Å². The molecule has 8 heteroatoms. The molecular weight excluding hydrogens is 352 g/mol. The average Bonchev–Trinajstić information content (AvgIpc) is 2.94. The highest BCUT2D eigenvalue weighted by Crippen LogP contribution is 2.30. The van der Waals surface area contributed by atoms with Crippen LogP contribution in [0.3, 0.4) is 0 Å². The number of amides is 3. The van der Waals surface area contributed by atoms with Crippen LogP contribution in [0.1, 0.15) is 59.3 Å². The fourth-order valence-electron chi connectivity index (χ4n) is 3.14. The van der Waals surface area contributed by atoms with Gasteiger partial charge in [-0.3, -0.25) is 14.9 Å². The number of aliphatic imine (C=N–C) groups is 1. The normalized spacial score (nSPS) is 23.6. The van der Waals surface area contributed by atoms with Crippen LogP contribution >= 0.6 is 11.8 Å². The van der Waals surface area contributed by atoms with Crippen molar-refractivity contribution in [3.8, 4) is 0 Å². The van der Waals surface area contributed by atoms with E-state index < -0.39 is 18.2 Å². The molecule has 0 aromatic rings. The highest BCUT2D eigenvalue weighted by atomic mass is 32.2. The van der Waals surface area contributed by atoms with Crippen LogP contribution < -0.4 is 5.32 Å². The Morgan fingerprint density at radius 3 is 2.54 bits per heavy atom. The first-order chi connectivity index (χ1) is 12.4. The minimum Gasteiger partial charge on any atom is -0.336 e. The monoisotopic (exact) mass is 382 g/mol. The highest BCUT2D eigenvalue weighted by Gasteiger charge is 2.48. The predicted octanol–water partition coefficient (Wildman–Crippen LogP) is 2.61. The number of hydrogen-bond donors (Lipinski definition) is 1. The van der Waals surface area contributed by atoms with E-state index in [0.29, 0.717) is 11.7 Å². The van der Waals surface area contributed by atoms with Crippen LogP contribution in [-0.4, -0.2) is 63.7 Å². The number of hydrogen-bond acceptors (Lipinski definition) is 6. The fraction of sp³-hybridized carbons (Fsp3) is 0.778. The van der Waals surface area contributed by atoms with Crippen molar-refractivity contribution in [2.24, 2.45) is 4.99 Å². The molecule has 1 fully saturated rings. The van der Waals surface area contributed by atoms with Crippen LogP contribution in [0.15, 0.2) is 4.99 Å². The Balaban J connectivity index is 2.07. The molecule has 1 N–H and O–H groups in total. The lowest BCUT2D eigenvalue weighted by Crippen LogP contribution is -2.63. The summed E-state index contributed by atoms with van der Waals surface area (Å²) in [7, 11) is 1.65. The first kappa shape index (κ1) is 20.7. The van der Waals surface area contributed by atoms with Crippen molar-refractivity contribution in [2.75, 3.05) is 13.6 Å². The van der Waals surface area contributed by atoms with E-state index in [9.17, 15) is 14.4 Å². The number of imide groups is 1. The van der Waals surface area contributed by atoms with E-state index in [-0.39, 0.29) is 16.9 Å². The molecule has 0 spiro atoms. The zero-order chi connectivity index (χ0) is 19.3. The van der Waals surface area contributed by atoms with Gasteiger partial charge in [-0.25, -0.2) is 9.79 Å². The van der Waals surface area contributed by atoms with Crippen LogP contribution in [0.2, 0.25) is 0 Å². The molecule has 1 saturated heterocycles. The number of nitrogens with zero attached hydrogens (tertiary/aromatic N) is 3. The number of thioether (sulfide) groups is 1. The van der Waals surface area contributed by atoms with Crippen LogP contribution in [0.25, 0.3) is 0 Å². The minimum absolute atomic E-state index is 0.0703. The molecule has 0 radical (unpaired) electrons. The van der Waals surface area contributed by atoms with Crippen molar-refractivity contribution in [1.29, 1.82) is 0 Å². The Labute approximate surface area is 160 Å². The summed E-state index contributed by atoms with van der Waals surface area (Å²) in [6, 6.07) is -0.930. The molecule has 26 heavy (non-hydrogen) atoms. The van der Waals surface area contributed by atoms with Crippen molar-refractivity contribution in [2.45, 2.75) is 76.8 Å². The molecule has 0 bridgehead atoms. The van der Waals surface area contributed by atoms with E-state index in [2.05, 4.69) is 17.2 Å². The maximum Gasteiger partial charge on any atom is 0.325 e. The summed E-state index contributed by atoms with van der Waals surface area (Å²) in [5.41, 5.74) is 0.